The van der Waals surface area contributed by atoms with Crippen molar-refractivity contribution in [1.29, 1.82) is 0 Å². The van der Waals surface area contributed by atoms with E-state index in [9.17, 15) is 4.79 Å². The minimum atomic E-state index is -0.0646. The summed E-state index contributed by atoms with van der Waals surface area (Å²) in [5.74, 6) is 2.86. The fraction of sp³-hybridized carbons (Fsp3) is 0.588. The number of hydrogen-bond acceptors (Lipinski definition) is 2. The van der Waals surface area contributed by atoms with E-state index >= 15 is 0 Å². The average Bonchev–Trinajstić information content (AvgIpc) is 3.09. The maximum atomic E-state index is 12.0. The second-order valence-electron chi connectivity index (χ2n) is 6.41. The highest BCUT2D eigenvalue weighted by Crippen LogP contribution is 2.49. The van der Waals surface area contributed by atoms with Crippen LogP contribution in [-0.4, -0.2) is 18.6 Å². The first-order valence-corrected chi connectivity index (χ1v) is 8.18. The van der Waals surface area contributed by atoms with Gasteiger partial charge in [-0.15, -0.1) is 0 Å². The minimum Gasteiger partial charge on any atom is -0.482 e. The van der Waals surface area contributed by atoms with Gasteiger partial charge in [-0.3, -0.25) is 4.79 Å². The first kappa shape index (κ1) is 14.7. The van der Waals surface area contributed by atoms with Crippen LogP contribution in [0, 0.1) is 17.8 Å². The molecule has 3 rings (SSSR count). The van der Waals surface area contributed by atoms with Crippen LogP contribution in [0.3, 0.4) is 0 Å². The molecule has 1 amide bonds. The van der Waals surface area contributed by atoms with E-state index in [-0.39, 0.29) is 18.6 Å². The summed E-state index contributed by atoms with van der Waals surface area (Å²) in [6, 6.07) is 7.45. The molecule has 2 aliphatic carbocycles. The van der Waals surface area contributed by atoms with E-state index in [4.69, 9.17) is 16.3 Å². The molecule has 1 N–H and O–H groups in total. The number of halogens is 1. The Morgan fingerprint density at radius 1 is 1.38 bits per heavy atom. The number of rotatable bonds is 5. The van der Waals surface area contributed by atoms with Crippen molar-refractivity contribution in [2.75, 3.05) is 6.61 Å². The van der Waals surface area contributed by atoms with Gasteiger partial charge in [-0.2, -0.15) is 0 Å². The fourth-order valence-corrected chi connectivity index (χ4v) is 4.20. The first-order chi connectivity index (χ1) is 10.1. The number of amides is 1. The molecule has 4 heteroatoms. The molecule has 1 aromatic carbocycles. The van der Waals surface area contributed by atoms with Crippen LogP contribution in [-0.2, 0) is 4.79 Å². The van der Waals surface area contributed by atoms with Crippen LogP contribution in [0.25, 0.3) is 0 Å². The highest BCUT2D eigenvalue weighted by Gasteiger charge is 2.42. The van der Waals surface area contributed by atoms with Gasteiger partial charge >= 0.3 is 0 Å². The lowest BCUT2D eigenvalue weighted by atomic mass is 9.84. The van der Waals surface area contributed by atoms with Crippen LogP contribution >= 0.6 is 11.6 Å². The van der Waals surface area contributed by atoms with Gasteiger partial charge in [0.2, 0.25) is 0 Å². The lowest BCUT2D eigenvalue weighted by Crippen LogP contribution is -2.42. The van der Waals surface area contributed by atoms with E-state index in [1.165, 1.54) is 25.7 Å². The molecule has 21 heavy (non-hydrogen) atoms. The largest absolute Gasteiger partial charge is 0.482 e. The Morgan fingerprint density at radius 2 is 2.19 bits per heavy atom. The van der Waals surface area contributed by atoms with Crippen LogP contribution in [0.4, 0.5) is 0 Å². The molecule has 0 unspecified atom stereocenters. The molecule has 0 aromatic heterocycles. The zero-order chi connectivity index (χ0) is 14.8. The predicted octanol–water partition coefficient (Wildman–Crippen LogP) is 3.66. The topological polar surface area (TPSA) is 38.3 Å². The van der Waals surface area contributed by atoms with E-state index in [0.29, 0.717) is 16.7 Å². The lowest BCUT2D eigenvalue weighted by molar-refractivity contribution is -0.124. The van der Waals surface area contributed by atoms with Crippen LogP contribution in [0.2, 0.25) is 5.02 Å². The van der Waals surface area contributed by atoms with Crippen LogP contribution in [0.15, 0.2) is 24.3 Å². The molecule has 2 bridgehead atoms. The van der Waals surface area contributed by atoms with E-state index < -0.39 is 0 Å². The van der Waals surface area contributed by atoms with Gasteiger partial charge in [-0.05, 0) is 56.1 Å². The average molecular weight is 308 g/mol. The Morgan fingerprint density at radius 3 is 2.86 bits per heavy atom. The van der Waals surface area contributed by atoms with Crippen molar-refractivity contribution in [2.45, 2.75) is 38.6 Å². The molecule has 2 fully saturated rings. The summed E-state index contributed by atoms with van der Waals surface area (Å²) >= 11 is 6.00. The van der Waals surface area contributed by atoms with Gasteiger partial charge in [0, 0.05) is 6.04 Å². The van der Waals surface area contributed by atoms with E-state index in [0.717, 1.165) is 11.8 Å². The maximum Gasteiger partial charge on any atom is 0.258 e. The SMILES string of the molecule is C[C@@H](NC(=O)COc1ccccc1Cl)[C@H]1C[C@@H]2CC[C@@H]1C2. The van der Waals surface area contributed by atoms with Gasteiger partial charge < -0.3 is 10.1 Å². The van der Waals surface area contributed by atoms with E-state index in [2.05, 4.69) is 12.2 Å². The quantitative estimate of drug-likeness (QED) is 0.901. The van der Waals surface area contributed by atoms with Gasteiger partial charge in [0.25, 0.3) is 5.91 Å². The molecule has 0 spiro atoms. The highest BCUT2D eigenvalue weighted by molar-refractivity contribution is 6.32. The summed E-state index contributed by atoms with van der Waals surface area (Å²) in [6.07, 6.45) is 5.36. The number of benzene rings is 1. The molecule has 2 aliphatic rings. The van der Waals surface area contributed by atoms with Gasteiger partial charge in [0.15, 0.2) is 6.61 Å². The Labute approximate surface area is 131 Å². The third kappa shape index (κ3) is 3.34. The molecule has 1 aromatic rings. The van der Waals surface area contributed by atoms with Gasteiger partial charge in [-0.1, -0.05) is 30.2 Å². The number of carbonyl (C=O) groups excluding carboxylic acids is 1. The number of ether oxygens (including phenoxy) is 1. The zero-order valence-electron chi connectivity index (χ0n) is 12.3. The maximum absolute atomic E-state index is 12.0. The molecule has 0 heterocycles. The number of fused-ring (bicyclic) bond motifs is 2. The van der Waals surface area contributed by atoms with Crippen molar-refractivity contribution in [1.82, 2.24) is 5.32 Å². The minimum absolute atomic E-state index is 0.0227. The van der Waals surface area contributed by atoms with Crippen LogP contribution < -0.4 is 10.1 Å². The van der Waals surface area contributed by atoms with Crippen molar-refractivity contribution in [3.05, 3.63) is 29.3 Å². The van der Waals surface area contributed by atoms with E-state index in [1.54, 1.807) is 12.1 Å². The fourth-order valence-electron chi connectivity index (χ4n) is 4.01. The molecule has 0 aliphatic heterocycles. The predicted molar refractivity (Wildman–Crippen MR) is 83.5 cm³/mol. The molecular weight excluding hydrogens is 286 g/mol. The summed E-state index contributed by atoms with van der Waals surface area (Å²) in [5.41, 5.74) is 0. The molecule has 4 atom stereocenters. The summed E-state index contributed by atoms with van der Waals surface area (Å²) in [6.45, 7) is 2.15. The number of carbonyl (C=O) groups is 1. The number of hydrogen-bond donors (Lipinski definition) is 1. The standard InChI is InChI=1S/C17H22ClNO2/c1-11(14-9-12-6-7-13(14)8-12)19-17(20)10-21-16-5-3-2-4-15(16)18/h2-5,11-14H,6-10H2,1H3,(H,19,20)/t11-,12-,13-,14-/m1/s1. The van der Waals surface area contributed by atoms with Crippen LogP contribution in [0.5, 0.6) is 5.75 Å². The molecule has 0 saturated heterocycles. The molecule has 2 saturated carbocycles. The van der Waals surface area contributed by atoms with Crippen molar-refractivity contribution in [2.24, 2.45) is 17.8 Å². The molecule has 3 nitrogen and oxygen atoms in total. The zero-order valence-corrected chi connectivity index (χ0v) is 13.1. The van der Waals surface area contributed by atoms with Crippen molar-refractivity contribution in [3.63, 3.8) is 0 Å². The van der Waals surface area contributed by atoms with Gasteiger partial charge in [0.1, 0.15) is 5.75 Å². The molecular formula is C17H22ClNO2. The normalized spacial score (nSPS) is 28.4. The summed E-state index contributed by atoms with van der Waals surface area (Å²) in [7, 11) is 0. The van der Waals surface area contributed by atoms with Crippen molar-refractivity contribution < 1.29 is 9.53 Å². The summed E-state index contributed by atoms with van der Waals surface area (Å²) in [5, 5.41) is 3.62. The number of para-hydroxylation sites is 1. The van der Waals surface area contributed by atoms with Gasteiger partial charge in [0.05, 0.1) is 5.02 Å². The molecule has 0 radical (unpaired) electrons. The van der Waals surface area contributed by atoms with Crippen molar-refractivity contribution >= 4 is 17.5 Å². The smallest absolute Gasteiger partial charge is 0.258 e. The van der Waals surface area contributed by atoms with Crippen molar-refractivity contribution in [3.8, 4) is 5.75 Å². The number of nitrogens with one attached hydrogen (secondary N) is 1. The first-order valence-electron chi connectivity index (χ1n) is 7.80. The lowest BCUT2D eigenvalue weighted by Gasteiger charge is -2.28. The molecule has 114 valence electrons. The Kier molecular flexibility index (Phi) is 4.39. The summed E-state index contributed by atoms with van der Waals surface area (Å²) < 4.78 is 5.48. The van der Waals surface area contributed by atoms with Crippen LogP contribution in [0.1, 0.15) is 32.6 Å². The second kappa shape index (κ2) is 6.27. The summed E-state index contributed by atoms with van der Waals surface area (Å²) in [4.78, 5) is 12.0. The Hall–Kier alpha value is -1.22. The monoisotopic (exact) mass is 307 g/mol. The third-order valence-electron chi connectivity index (χ3n) is 5.02. The third-order valence-corrected chi connectivity index (χ3v) is 5.33. The Balaban J connectivity index is 1.47. The van der Waals surface area contributed by atoms with E-state index in [1.807, 2.05) is 12.1 Å². The highest BCUT2D eigenvalue weighted by atomic mass is 35.5. The second-order valence-corrected chi connectivity index (χ2v) is 6.82. The van der Waals surface area contributed by atoms with Gasteiger partial charge in [-0.25, -0.2) is 0 Å². The Bertz CT molecular complexity index is 519.